The summed E-state index contributed by atoms with van der Waals surface area (Å²) in [6, 6.07) is 18.7. The second kappa shape index (κ2) is 10.6. The maximum atomic E-state index is 5.37. The molecule has 1 nitrogen and oxygen atoms in total. The molecule has 0 aromatic heterocycles. The van der Waals surface area contributed by atoms with E-state index in [0.29, 0.717) is 0 Å². The highest BCUT2D eigenvalue weighted by molar-refractivity contribution is 5.46. The van der Waals surface area contributed by atoms with Crippen molar-refractivity contribution >= 4 is 0 Å². The van der Waals surface area contributed by atoms with Gasteiger partial charge in [-0.05, 0) is 49.9 Å². The van der Waals surface area contributed by atoms with Crippen LogP contribution in [0.4, 0.5) is 0 Å². The molecular formula is C22H26O. The van der Waals surface area contributed by atoms with Crippen molar-refractivity contribution < 1.29 is 4.74 Å². The topological polar surface area (TPSA) is 9.23 Å². The molecule has 23 heavy (non-hydrogen) atoms. The largest absolute Gasteiger partial charge is 0.382 e. The number of benzene rings is 2. The van der Waals surface area contributed by atoms with Crippen LogP contribution in [0.25, 0.3) is 0 Å². The Morgan fingerprint density at radius 1 is 0.783 bits per heavy atom. The monoisotopic (exact) mass is 306 g/mol. The highest BCUT2D eigenvalue weighted by Crippen LogP contribution is 2.13. The van der Waals surface area contributed by atoms with E-state index in [9.17, 15) is 0 Å². The Morgan fingerprint density at radius 3 is 2.35 bits per heavy atom. The molecule has 0 atom stereocenters. The van der Waals surface area contributed by atoms with Crippen LogP contribution in [-0.2, 0) is 11.2 Å². The summed E-state index contributed by atoms with van der Waals surface area (Å²) in [6.07, 6.45) is 6.00. The summed E-state index contributed by atoms with van der Waals surface area (Å²) in [5.41, 5.74) is 3.59. The van der Waals surface area contributed by atoms with Crippen LogP contribution < -0.4 is 0 Å². The van der Waals surface area contributed by atoms with E-state index in [0.717, 1.165) is 30.8 Å². The Bertz CT molecular complexity index is 619. The van der Waals surface area contributed by atoms with Gasteiger partial charge in [-0.15, -0.1) is 0 Å². The smallest absolute Gasteiger partial charge is 0.0465 e. The van der Waals surface area contributed by atoms with Gasteiger partial charge in [-0.2, -0.15) is 0 Å². The van der Waals surface area contributed by atoms with Gasteiger partial charge >= 0.3 is 0 Å². The van der Waals surface area contributed by atoms with E-state index in [1.807, 2.05) is 37.3 Å². The predicted molar refractivity (Wildman–Crippen MR) is 97.5 cm³/mol. The average Bonchev–Trinajstić information content (AvgIpc) is 2.61. The lowest BCUT2D eigenvalue weighted by Crippen LogP contribution is -1.94. The minimum Gasteiger partial charge on any atom is -0.382 e. The fourth-order valence-corrected chi connectivity index (χ4v) is 2.54. The molecule has 2 aromatic rings. The van der Waals surface area contributed by atoms with Crippen LogP contribution in [0, 0.1) is 11.8 Å². The Balaban J connectivity index is 1.85. The molecule has 0 amide bonds. The molecule has 0 saturated heterocycles. The highest BCUT2D eigenvalue weighted by atomic mass is 16.5. The highest BCUT2D eigenvalue weighted by Gasteiger charge is 1.99. The van der Waals surface area contributed by atoms with Crippen LogP contribution in [0.1, 0.15) is 49.3 Å². The summed E-state index contributed by atoms with van der Waals surface area (Å²) in [5, 5.41) is 0. The van der Waals surface area contributed by atoms with E-state index in [4.69, 9.17) is 4.74 Å². The summed E-state index contributed by atoms with van der Waals surface area (Å²) in [7, 11) is 0. The lowest BCUT2D eigenvalue weighted by atomic mass is 10.0. The SMILES string of the molecule is CCOCCCCCCc1ccccc1C#Cc1ccccc1. The molecule has 0 aliphatic carbocycles. The molecule has 1 heteroatoms. The van der Waals surface area contributed by atoms with E-state index < -0.39 is 0 Å². The molecule has 0 aliphatic heterocycles. The van der Waals surface area contributed by atoms with Crippen LogP contribution in [0.2, 0.25) is 0 Å². The van der Waals surface area contributed by atoms with Crippen molar-refractivity contribution in [1.29, 1.82) is 0 Å². The summed E-state index contributed by atoms with van der Waals surface area (Å²) in [6.45, 7) is 3.77. The van der Waals surface area contributed by atoms with Gasteiger partial charge in [0.1, 0.15) is 0 Å². The van der Waals surface area contributed by atoms with E-state index in [2.05, 4.69) is 36.1 Å². The van der Waals surface area contributed by atoms with Crippen molar-refractivity contribution in [3.63, 3.8) is 0 Å². The molecular weight excluding hydrogens is 280 g/mol. The van der Waals surface area contributed by atoms with Gasteiger partial charge in [-0.25, -0.2) is 0 Å². The fraction of sp³-hybridized carbons (Fsp3) is 0.364. The maximum absolute atomic E-state index is 5.37. The number of rotatable bonds is 8. The first-order chi connectivity index (χ1) is 11.4. The molecule has 0 heterocycles. The van der Waals surface area contributed by atoms with Crippen LogP contribution in [-0.4, -0.2) is 13.2 Å². The first-order valence-electron chi connectivity index (χ1n) is 8.63. The zero-order chi connectivity index (χ0) is 16.2. The second-order valence-corrected chi connectivity index (χ2v) is 5.63. The fourth-order valence-electron chi connectivity index (χ4n) is 2.54. The third-order valence-corrected chi connectivity index (χ3v) is 3.82. The van der Waals surface area contributed by atoms with Crippen molar-refractivity contribution in [2.24, 2.45) is 0 Å². The molecule has 120 valence electrons. The number of hydrogen-bond acceptors (Lipinski definition) is 1. The van der Waals surface area contributed by atoms with Crippen molar-refractivity contribution in [3.05, 3.63) is 71.3 Å². The van der Waals surface area contributed by atoms with Gasteiger partial charge in [0.15, 0.2) is 0 Å². The van der Waals surface area contributed by atoms with Crippen molar-refractivity contribution in [1.82, 2.24) is 0 Å². The van der Waals surface area contributed by atoms with Gasteiger partial charge in [0.25, 0.3) is 0 Å². The normalized spacial score (nSPS) is 10.1. The van der Waals surface area contributed by atoms with Crippen LogP contribution in [0.5, 0.6) is 0 Å². The molecule has 0 unspecified atom stereocenters. The number of aryl methyl sites for hydroxylation is 1. The van der Waals surface area contributed by atoms with Gasteiger partial charge in [-0.3, -0.25) is 0 Å². The number of hydrogen-bond donors (Lipinski definition) is 0. The molecule has 0 fully saturated rings. The summed E-state index contributed by atoms with van der Waals surface area (Å²) < 4.78 is 5.37. The van der Waals surface area contributed by atoms with Gasteiger partial charge in [0, 0.05) is 24.3 Å². The average molecular weight is 306 g/mol. The minimum atomic E-state index is 0.827. The van der Waals surface area contributed by atoms with Crippen LogP contribution >= 0.6 is 0 Å². The first kappa shape index (κ1) is 17.3. The van der Waals surface area contributed by atoms with Gasteiger partial charge < -0.3 is 4.74 Å². The zero-order valence-corrected chi connectivity index (χ0v) is 14.1. The Labute approximate surface area is 140 Å². The minimum absolute atomic E-state index is 0.827. The molecule has 2 rings (SSSR count). The van der Waals surface area contributed by atoms with Gasteiger partial charge in [0.2, 0.25) is 0 Å². The van der Waals surface area contributed by atoms with Gasteiger partial charge in [0.05, 0.1) is 0 Å². The van der Waals surface area contributed by atoms with E-state index >= 15 is 0 Å². The van der Waals surface area contributed by atoms with Crippen molar-refractivity contribution in [2.75, 3.05) is 13.2 Å². The Morgan fingerprint density at radius 2 is 1.52 bits per heavy atom. The maximum Gasteiger partial charge on any atom is 0.0465 e. The zero-order valence-electron chi connectivity index (χ0n) is 14.1. The molecule has 0 bridgehead atoms. The standard InChI is InChI=1S/C22H26O/c1-2-23-19-11-4-3-8-14-21-15-9-10-16-22(21)18-17-20-12-6-5-7-13-20/h5-7,9-10,12-13,15-16H,2-4,8,11,14,19H2,1H3. The first-order valence-corrected chi connectivity index (χ1v) is 8.63. The molecule has 2 aromatic carbocycles. The number of ether oxygens (including phenoxy) is 1. The summed E-state index contributed by atoms with van der Waals surface area (Å²) >= 11 is 0. The van der Waals surface area contributed by atoms with E-state index in [1.54, 1.807) is 0 Å². The third kappa shape index (κ3) is 6.72. The molecule has 0 aliphatic rings. The van der Waals surface area contributed by atoms with E-state index in [1.165, 1.54) is 31.2 Å². The summed E-state index contributed by atoms with van der Waals surface area (Å²) in [4.78, 5) is 0. The quantitative estimate of drug-likeness (QED) is 0.479. The number of unbranched alkanes of at least 4 members (excludes halogenated alkanes) is 3. The molecule has 0 saturated carbocycles. The Hall–Kier alpha value is -2.04. The summed E-state index contributed by atoms with van der Waals surface area (Å²) in [5.74, 6) is 6.59. The predicted octanol–water partition coefficient (Wildman–Crippen LogP) is 5.23. The van der Waals surface area contributed by atoms with E-state index in [-0.39, 0.29) is 0 Å². The Kier molecular flexibility index (Phi) is 8.02. The molecule has 0 spiro atoms. The lowest BCUT2D eigenvalue weighted by Gasteiger charge is -2.05. The molecule has 0 radical (unpaired) electrons. The third-order valence-electron chi connectivity index (χ3n) is 3.82. The van der Waals surface area contributed by atoms with Crippen molar-refractivity contribution in [2.45, 2.75) is 39.0 Å². The van der Waals surface area contributed by atoms with Crippen LogP contribution in [0.15, 0.2) is 54.6 Å². The lowest BCUT2D eigenvalue weighted by molar-refractivity contribution is 0.143. The van der Waals surface area contributed by atoms with Crippen molar-refractivity contribution in [3.8, 4) is 11.8 Å². The second-order valence-electron chi connectivity index (χ2n) is 5.63. The van der Waals surface area contributed by atoms with Crippen LogP contribution in [0.3, 0.4) is 0 Å². The van der Waals surface area contributed by atoms with Gasteiger partial charge in [-0.1, -0.05) is 61.1 Å². The molecule has 0 N–H and O–H groups in total.